The summed E-state index contributed by atoms with van der Waals surface area (Å²) in [4.78, 5) is 24.0. The van der Waals surface area contributed by atoms with E-state index < -0.39 is 0 Å². The average molecular weight is 351 g/mol. The molecular weight excluding hydrogens is 320 g/mol. The Bertz CT molecular complexity index is 517. The fourth-order valence-electron chi connectivity index (χ4n) is 3.53. The minimum Gasteiger partial charge on any atom is -0.342 e. The van der Waals surface area contributed by atoms with Crippen molar-refractivity contribution in [2.45, 2.75) is 45.6 Å². The summed E-state index contributed by atoms with van der Waals surface area (Å²) in [7, 11) is 0. The summed E-state index contributed by atoms with van der Waals surface area (Å²) in [6.45, 7) is 9.68. The molecule has 3 heterocycles. The number of nitrogens with zero attached hydrogens (tertiary/aromatic N) is 4. The highest BCUT2D eigenvalue weighted by atomic mass is 32.1. The monoisotopic (exact) mass is 350 g/mol. The highest BCUT2D eigenvalue weighted by Gasteiger charge is 2.22. The van der Waals surface area contributed by atoms with Gasteiger partial charge in [-0.3, -0.25) is 14.6 Å². The summed E-state index contributed by atoms with van der Waals surface area (Å²) in [6, 6.07) is 0. The van der Waals surface area contributed by atoms with Crippen molar-refractivity contribution in [2.24, 2.45) is 0 Å². The SMILES string of the molecule is CCc1nc(CN2CCN(CC(=O)N3CCCCCC3)CC2)cs1. The topological polar surface area (TPSA) is 39.7 Å². The molecule has 0 aliphatic carbocycles. The van der Waals surface area contributed by atoms with Gasteiger partial charge in [-0.15, -0.1) is 11.3 Å². The van der Waals surface area contributed by atoms with Crippen LogP contribution in [0.1, 0.15) is 43.3 Å². The Balaban J connectivity index is 1.40. The molecule has 5 nitrogen and oxygen atoms in total. The van der Waals surface area contributed by atoms with Crippen LogP contribution in [0.3, 0.4) is 0 Å². The normalized spacial score (nSPS) is 21.0. The number of carbonyl (C=O) groups excluding carboxylic acids is 1. The molecule has 0 radical (unpaired) electrons. The summed E-state index contributed by atoms with van der Waals surface area (Å²) in [5.41, 5.74) is 1.20. The highest BCUT2D eigenvalue weighted by Crippen LogP contribution is 2.14. The molecule has 0 aromatic carbocycles. The van der Waals surface area contributed by atoms with Crippen molar-refractivity contribution in [2.75, 3.05) is 45.8 Å². The number of likely N-dealkylation sites (tertiary alicyclic amines) is 1. The van der Waals surface area contributed by atoms with Crippen LogP contribution in [0.15, 0.2) is 5.38 Å². The molecule has 2 fully saturated rings. The number of thiazole rings is 1. The standard InChI is InChI=1S/C18H30N4OS/c1-2-17-19-16(15-24-17)13-20-9-11-21(12-10-20)14-18(23)22-7-5-3-4-6-8-22/h15H,2-14H2,1H3. The van der Waals surface area contributed by atoms with Crippen LogP contribution < -0.4 is 0 Å². The predicted octanol–water partition coefficient (Wildman–Crippen LogP) is 2.23. The molecule has 3 rings (SSSR count). The van der Waals surface area contributed by atoms with Crippen LogP contribution in [0.2, 0.25) is 0 Å². The second-order valence-electron chi connectivity index (χ2n) is 6.93. The number of rotatable bonds is 5. The fourth-order valence-corrected chi connectivity index (χ4v) is 4.27. The smallest absolute Gasteiger partial charge is 0.236 e. The third-order valence-electron chi connectivity index (χ3n) is 5.07. The average Bonchev–Trinajstić information content (AvgIpc) is 2.87. The first-order chi connectivity index (χ1) is 11.7. The van der Waals surface area contributed by atoms with Gasteiger partial charge < -0.3 is 4.90 Å². The molecule has 0 bridgehead atoms. The first kappa shape index (κ1) is 17.8. The molecule has 1 aromatic heterocycles. The number of aryl methyl sites for hydroxylation is 1. The van der Waals surface area contributed by atoms with E-state index in [0.29, 0.717) is 12.5 Å². The lowest BCUT2D eigenvalue weighted by atomic mass is 10.2. The lowest BCUT2D eigenvalue weighted by Gasteiger charge is -2.35. The van der Waals surface area contributed by atoms with Gasteiger partial charge in [0.15, 0.2) is 0 Å². The zero-order valence-electron chi connectivity index (χ0n) is 14.9. The van der Waals surface area contributed by atoms with Gasteiger partial charge in [-0.1, -0.05) is 19.8 Å². The fraction of sp³-hybridized carbons (Fsp3) is 0.778. The largest absolute Gasteiger partial charge is 0.342 e. The van der Waals surface area contributed by atoms with Gasteiger partial charge >= 0.3 is 0 Å². The van der Waals surface area contributed by atoms with E-state index in [-0.39, 0.29) is 0 Å². The molecule has 1 aromatic rings. The van der Waals surface area contributed by atoms with Crippen LogP contribution in [-0.2, 0) is 17.8 Å². The Labute approximate surface area is 149 Å². The van der Waals surface area contributed by atoms with Gasteiger partial charge in [0, 0.05) is 51.2 Å². The Morgan fingerprint density at radius 1 is 1.04 bits per heavy atom. The van der Waals surface area contributed by atoms with Crippen molar-refractivity contribution in [1.82, 2.24) is 19.7 Å². The predicted molar refractivity (Wildman–Crippen MR) is 98.3 cm³/mol. The van der Waals surface area contributed by atoms with Gasteiger partial charge in [0.2, 0.25) is 5.91 Å². The van der Waals surface area contributed by atoms with E-state index in [1.165, 1.54) is 36.4 Å². The Kier molecular flexibility index (Phi) is 6.63. The molecule has 0 atom stereocenters. The second-order valence-corrected chi connectivity index (χ2v) is 7.88. The molecule has 24 heavy (non-hydrogen) atoms. The van der Waals surface area contributed by atoms with Crippen molar-refractivity contribution in [3.05, 3.63) is 16.1 Å². The van der Waals surface area contributed by atoms with Crippen molar-refractivity contribution in [3.8, 4) is 0 Å². The Hall–Kier alpha value is -0.980. The van der Waals surface area contributed by atoms with Crippen LogP contribution in [0, 0.1) is 0 Å². The number of aromatic nitrogens is 1. The van der Waals surface area contributed by atoms with Gasteiger partial charge in [0.05, 0.1) is 17.2 Å². The van der Waals surface area contributed by atoms with Crippen molar-refractivity contribution in [1.29, 1.82) is 0 Å². The molecule has 0 N–H and O–H groups in total. The molecule has 0 saturated carbocycles. The van der Waals surface area contributed by atoms with Crippen molar-refractivity contribution >= 4 is 17.2 Å². The maximum Gasteiger partial charge on any atom is 0.236 e. The zero-order chi connectivity index (χ0) is 16.8. The minimum atomic E-state index is 0.331. The number of hydrogen-bond donors (Lipinski definition) is 0. The Morgan fingerprint density at radius 3 is 2.33 bits per heavy atom. The van der Waals surface area contributed by atoms with E-state index in [2.05, 4.69) is 32.0 Å². The summed E-state index contributed by atoms with van der Waals surface area (Å²) >= 11 is 1.77. The lowest BCUT2D eigenvalue weighted by Crippen LogP contribution is -2.49. The molecule has 134 valence electrons. The van der Waals surface area contributed by atoms with Gasteiger partial charge in [0.25, 0.3) is 0 Å². The highest BCUT2D eigenvalue weighted by molar-refractivity contribution is 7.09. The number of hydrogen-bond acceptors (Lipinski definition) is 5. The zero-order valence-corrected chi connectivity index (χ0v) is 15.7. The molecule has 2 aliphatic rings. The molecule has 0 spiro atoms. The van der Waals surface area contributed by atoms with Crippen LogP contribution in [0.25, 0.3) is 0 Å². The second kappa shape index (κ2) is 8.92. The molecule has 2 aliphatic heterocycles. The minimum absolute atomic E-state index is 0.331. The van der Waals surface area contributed by atoms with Gasteiger partial charge in [0.1, 0.15) is 0 Å². The molecule has 0 unspecified atom stereocenters. The van der Waals surface area contributed by atoms with Crippen LogP contribution in [0.5, 0.6) is 0 Å². The van der Waals surface area contributed by atoms with Crippen molar-refractivity contribution in [3.63, 3.8) is 0 Å². The lowest BCUT2D eigenvalue weighted by molar-refractivity contribution is -0.132. The van der Waals surface area contributed by atoms with Crippen LogP contribution in [-0.4, -0.2) is 71.4 Å². The molecule has 6 heteroatoms. The molecular formula is C18H30N4OS. The summed E-state index contributed by atoms with van der Waals surface area (Å²) < 4.78 is 0. The van der Waals surface area contributed by atoms with E-state index in [4.69, 9.17) is 0 Å². The van der Waals surface area contributed by atoms with Gasteiger partial charge in [-0.05, 0) is 19.3 Å². The summed E-state index contributed by atoms with van der Waals surface area (Å²) in [6.07, 6.45) is 5.93. The quantitative estimate of drug-likeness (QED) is 0.816. The third-order valence-corrected chi connectivity index (χ3v) is 6.11. The Morgan fingerprint density at radius 2 is 1.71 bits per heavy atom. The van der Waals surface area contributed by atoms with E-state index in [0.717, 1.165) is 52.2 Å². The van der Waals surface area contributed by atoms with E-state index in [1.807, 2.05) is 0 Å². The van der Waals surface area contributed by atoms with E-state index >= 15 is 0 Å². The summed E-state index contributed by atoms with van der Waals surface area (Å²) in [5.74, 6) is 0.331. The molecule has 1 amide bonds. The number of piperazine rings is 1. The maximum absolute atomic E-state index is 12.5. The number of carbonyl (C=O) groups is 1. The first-order valence-corrected chi connectivity index (χ1v) is 10.3. The van der Waals surface area contributed by atoms with E-state index in [1.54, 1.807) is 11.3 Å². The van der Waals surface area contributed by atoms with Crippen LogP contribution in [0.4, 0.5) is 0 Å². The number of amides is 1. The van der Waals surface area contributed by atoms with Crippen LogP contribution >= 0.6 is 11.3 Å². The maximum atomic E-state index is 12.5. The first-order valence-electron chi connectivity index (χ1n) is 9.40. The van der Waals surface area contributed by atoms with Crippen molar-refractivity contribution < 1.29 is 4.79 Å². The van der Waals surface area contributed by atoms with Gasteiger partial charge in [-0.25, -0.2) is 4.98 Å². The third kappa shape index (κ3) is 5.01. The molecule has 2 saturated heterocycles. The van der Waals surface area contributed by atoms with Gasteiger partial charge in [-0.2, -0.15) is 0 Å². The summed E-state index contributed by atoms with van der Waals surface area (Å²) in [5, 5.41) is 3.42. The van der Waals surface area contributed by atoms with E-state index in [9.17, 15) is 4.79 Å².